The van der Waals surface area contributed by atoms with Crippen molar-refractivity contribution < 1.29 is 0 Å². The monoisotopic (exact) mass is 272 g/mol. The molecule has 1 heterocycles. The summed E-state index contributed by atoms with van der Waals surface area (Å²) in [7, 11) is -0.618. The molecule has 0 unspecified atom stereocenters. The van der Waals surface area contributed by atoms with E-state index < -0.39 is 13.4 Å². The summed E-state index contributed by atoms with van der Waals surface area (Å²) in [6, 6.07) is 0. The van der Waals surface area contributed by atoms with Crippen LogP contribution in [0.5, 0.6) is 0 Å². The van der Waals surface area contributed by atoms with Crippen LogP contribution in [-0.4, -0.2) is 13.4 Å². The van der Waals surface area contributed by atoms with E-state index in [0.29, 0.717) is 0 Å². The molecule has 1 saturated heterocycles. The first kappa shape index (κ1) is 7.50. The van der Waals surface area contributed by atoms with Gasteiger partial charge in [-0.1, -0.05) is 13.1 Å². The van der Waals surface area contributed by atoms with Crippen LogP contribution in [0.1, 0.15) is 0 Å². The lowest BCUT2D eigenvalue weighted by molar-refractivity contribution is 1.46. The Morgan fingerprint density at radius 2 is 1.50 bits per heavy atom. The molecular formula is C4H10Br2Si2. The van der Waals surface area contributed by atoms with E-state index in [1.165, 1.54) is 11.3 Å². The number of rotatable bonds is 0. The summed E-state index contributed by atoms with van der Waals surface area (Å²) in [5.41, 5.74) is 3.03. The van der Waals surface area contributed by atoms with Gasteiger partial charge in [0, 0.05) is 8.07 Å². The van der Waals surface area contributed by atoms with Gasteiger partial charge in [-0.3, -0.25) is 0 Å². The first-order chi connectivity index (χ1) is 3.41. The van der Waals surface area contributed by atoms with E-state index in [1.807, 2.05) is 0 Å². The van der Waals surface area contributed by atoms with Crippen molar-refractivity contribution in [3.8, 4) is 0 Å². The average Bonchev–Trinajstić information content (AvgIpc) is 1.20. The maximum Gasteiger partial charge on any atom is 0.196 e. The van der Waals surface area contributed by atoms with E-state index in [2.05, 4.69) is 43.7 Å². The van der Waals surface area contributed by atoms with Gasteiger partial charge in [0.05, 0.1) is 0 Å². The Labute approximate surface area is 68.2 Å². The largest absolute Gasteiger partial charge is 0.196 e. The maximum absolute atomic E-state index is 3.73. The quantitative estimate of drug-likeness (QED) is 0.470. The van der Waals surface area contributed by atoms with Crippen LogP contribution in [0.25, 0.3) is 0 Å². The van der Waals surface area contributed by atoms with Gasteiger partial charge in [-0.2, -0.15) is 0 Å². The van der Waals surface area contributed by atoms with E-state index in [1.54, 1.807) is 0 Å². The summed E-state index contributed by atoms with van der Waals surface area (Å²) < 4.78 is 0. The lowest BCUT2D eigenvalue weighted by atomic mass is 11.7. The fourth-order valence-corrected chi connectivity index (χ4v) is 39.5. The van der Waals surface area contributed by atoms with Crippen molar-refractivity contribution >= 4 is 44.0 Å². The van der Waals surface area contributed by atoms with Crippen LogP contribution in [-0.2, 0) is 0 Å². The second-order valence-corrected chi connectivity index (χ2v) is 24.5. The fraction of sp³-hybridized carbons (Fsp3) is 1.00. The third-order valence-electron chi connectivity index (χ3n) is 1.47. The Kier molecular flexibility index (Phi) is 1.82. The molecule has 0 radical (unpaired) electrons. The number of halogens is 2. The van der Waals surface area contributed by atoms with Crippen LogP contribution in [0.4, 0.5) is 0 Å². The van der Waals surface area contributed by atoms with Crippen molar-refractivity contribution in [1.82, 2.24) is 0 Å². The molecule has 0 atom stereocenters. The third-order valence-corrected chi connectivity index (χ3v) is 23.4. The topological polar surface area (TPSA) is 0 Å². The number of hydrogen-bond donors (Lipinski definition) is 0. The van der Waals surface area contributed by atoms with E-state index in [-0.39, 0.29) is 0 Å². The minimum Gasteiger partial charge on any atom is -0.112 e. The van der Waals surface area contributed by atoms with Gasteiger partial charge in [-0.15, -0.1) is 30.6 Å². The van der Waals surface area contributed by atoms with Gasteiger partial charge in [-0.05, 0) is 11.3 Å². The van der Waals surface area contributed by atoms with Crippen molar-refractivity contribution in [2.24, 2.45) is 0 Å². The molecule has 0 aromatic rings. The first-order valence-electron chi connectivity index (χ1n) is 2.79. The zero-order valence-electron chi connectivity index (χ0n) is 5.17. The van der Waals surface area contributed by atoms with E-state index in [4.69, 9.17) is 0 Å². The van der Waals surface area contributed by atoms with E-state index >= 15 is 0 Å². The molecule has 8 heavy (non-hydrogen) atoms. The molecule has 48 valence electrons. The Balaban J connectivity index is 2.42. The van der Waals surface area contributed by atoms with E-state index in [9.17, 15) is 0 Å². The molecule has 1 rings (SSSR count). The highest BCUT2D eigenvalue weighted by Gasteiger charge is 2.49. The molecule has 0 nitrogen and oxygen atoms in total. The second-order valence-electron chi connectivity index (χ2n) is 3.37. The van der Waals surface area contributed by atoms with E-state index in [0.717, 1.165) is 0 Å². The standard InChI is InChI=1S/C4H10Br2Si2/c1-7(2)3-8(5,6)4-7/h3-4H2,1-2H3. The number of hydrogen-bond acceptors (Lipinski definition) is 0. The lowest BCUT2D eigenvalue weighted by Crippen LogP contribution is -2.51. The summed E-state index contributed by atoms with van der Waals surface area (Å²) in [6.45, 7) is 4.92. The molecule has 0 aliphatic carbocycles. The van der Waals surface area contributed by atoms with Crippen molar-refractivity contribution in [3.63, 3.8) is 0 Å². The van der Waals surface area contributed by atoms with Gasteiger partial charge in [-0.25, -0.2) is 0 Å². The highest BCUT2D eigenvalue weighted by molar-refractivity contribution is 9.51. The van der Waals surface area contributed by atoms with Gasteiger partial charge >= 0.3 is 0 Å². The maximum atomic E-state index is 3.73. The summed E-state index contributed by atoms with van der Waals surface area (Å²) in [5, 5.41) is -0.899. The normalized spacial score (nSPS) is 31.5. The summed E-state index contributed by atoms with van der Waals surface area (Å²) in [5.74, 6) is 0. The molecule has 0 aromatic carbocycles. The molecule has 0 spiro atoms. The van der Waals surface area contributed by atoms with Crippen LogP contribution in [0.3, 0.4) is 0 Å². The van der Waals surface area contributed by atoms with Gasteiger partial charge in [0.2, 0.25) is 0 Å². The molecule has 0 saturated carbocycles. The predicted octanol–water partition coefficient (Wildman–Crippen LogP) is 3.02. The molecule has 1 fully saturated rings. The molecule has 0 bridgehead atoms. The lowest BCUT2D eigenvalue weighted by Gasteiger charge is -2.42. The minimum atomic E-state index is -0.899. The Bertz CT molecular complexity index is 88.6. The first-order valence-corrected chi connectivity index (χ1v) is 13.1. The summed E-state index contributed by atoms with van der Waals surface area (Å²) >= 11 is 7.46. The minimum absolute atomic E-state index is 0.618. The highest BCUT2D eigenvalue weighted by Crippen LogP contribution is 2.47. The average molecular weight is 274 g/mol. The smallest absolute Gasteiger partial charge is 0.112 e. The molecular weight excluding hydrogens is 264 g/mol. The van der Waals surface area contributed by atoms with Crippen LogP contribution >= 0.6 is 30.6 Å². The molecule has 1 aliphatic heterocycles. The van der Waals surface area contributed by atoms with Crippen molar-refractivity contribution in [2.45, 2.75) is 24.4 Å². The summed E-state index contributed by atoms with van der Waals surface area (Å²) in [6.07, 6.45) is 0. The summed E-state index contributed by atoms with van der Waals surface area (Å²) in [4.78, 5) is 0. The van der Waals surface area contributed by atoms with Crippen molar-refractivity contribution in [3.05, 3.63) is 0 Å². The second kappa shape index (κ2) is 1.94. The highest BCUT2D eigenvalue weighted by atomic mass is 79.9. The molecule has 0 aromatic heterocycles. The molecule has 1 aliphatic rings. The molecule has 0 amide bonds. The fourth-order valence-electron chi connectivity index (χ4n) is 1.35. The molecule has 4 heteroatoms. The Hall–Kier alpha value is 1.39. The van der Waals surface area contributed by atoms with Crippen LogP contribution in [0.15, 0.2) is 0 Å². The SMILES string of the molecule is C[Si]1(C)C[Si](Br)(Br)C1. The Morgan fingerprint density at radius 1 is 1.12 bits per heavy atom. The van der Waals surface area contributed by atoms with Crippen LogP contribution in [0.2, 0.25) is 24.4 Å². The Morgan fingerprint density at radius 3 is 1.50 bits per heavy atom. The zero-order valence-corrected chi connectivity index (χ0v) is 10.3. The van der Waals surface area contributed by atoms with Crippen molar-refractivity contribution in [2.75, 3.05) is 0 Å². The van der Waals surface area contributed by atoms with Crippen LogP contribution < -0.4 is 0 Å². The third kappa shape index (κ3) is 1.68. The van der Waals surface area contributed by atoms with Gasteiger partial charge < -0.3 is 0 Å². The van der Waals surface area contributed by atoms with Crippen LogP contribution in [0, 0.1) is 0 Å². The van der Waals surface area contributed by atoms with Crippen molar-refractivity contribution in [1.29, 1.82) is 0 Å². The van der Waals surface area contributed by atoms with Gasteiger partial charge in [0.25, 0.3) is 0 Å². The van der Waals surface area contributed by atoms with Gasteiger partial charge in [0.15, 0.2) is 5.31 Å². The predicted molar refractivity (Wildman–Crippen MR) is 50.7 cm³/mol. The zero-order chi connectivity index (χ0) is 6.41. The van der Waals surface area contributed by atoms with Gasteiger partial charge in [0.1, 0.15) is 0 Å². The molecule has 0 N–H and O–H groups in total.